The van der Waals surface area contributed by atoms with E-state index in [-0.39, 0.29) is 6.03 Å². The minimum absolute atomic E-state index is 0.284. The lowest BCUT2D eigenvalue weighted by atomic mass is 10.3. The predicted molar refractivity (Wildman–Crippen MR) is 84.1 cm³/mol. The SMILES string of the molecule is C=CCSCCNC(=O)Nc1ccc(OCC(=O)O)cc1. The number of amides is 2. The number of aliphatic carboxylic acids is 1. The number of carbonyl (C=O) groups excluding carboxylic acids is 1. The van der Waals surface area contributed by atoms with E-state index in [4.69, 9.17) is 9.84 Å². The van der Waals surface area contributed by atoms with Gasteiger partial charge < -0.3 is 20.5 Å². The van der Waals surface area contributed by atoms with E-state index in [1.54, 1.807) is 36.0 Å². The number of hydrogen-bond acceptors (Lipinski definition) is 4. The predicted octanol–water partition coefficient (Wildman–Crippen LogP) is 2.19. The number of urea groups is 1. The van der Waals surface area contributed by atoms with Crippen molar-refractivity contribution in [3.63, 3.8) is 0 Å². The van der Waals surface area contributed by atoms with E-state index < -0.39 is 12.6 Å². The smallest absolute Gasteiger partial charge is 0.341 e. The molecule has 2 amide bonds. The highest BCUT2D eigenvalue weighted by atomic mass is 32.2. The molecule has 0 aromatic heterocycles. The molecule has 0 aliphatic heterocycles. The molecule has 0 atom stereocenters. The molecule has 0 fully saturated rings. The van der Waals surface area contributed by atoms with Crippen LogP contribution in [0.15, 0.2) is 36.9 Å². The van der Waals surface area contributed by atoms with Gasteiger partial charge in [-0.15, -0.1) is 6.58 Å². The Balaban J connectivity index is 2.29. The van der Waals surface area contributed by atoms with Crippen LogP contribution in [-0.2, 0) is 4.79 Å². The first kappa shape index (κ1) is 16.9. The fraction of sp³-hybridized carbons (Fsp3) is 0.286. The lowest BCUT2D eigenvalue weighted by molar-refractivity contribution is -0.139. The van der Waals surface area contributed by atoms with Gasteiger partial charge in [-0.3, -0.25) is 0 Å². The van der Waals surface area contributed by atoms with Crippen LogP contribution in [0.2, 0.25) is 0 Å². The van der Waals surface area contributed by atoms with Crippen LogP contribution in [0.25, 0.3) is 0 Å². The third kappa shape index (κ3) is 7.88. The minimum atomic E-state index is -1.04. The van der Waals surface area contributed by atoms with Gasteiger partial charge in [0.1, 0.15) is 5.75 Å². The summed E-state index contributed by atoms with van der Waals surface area (Å²) in [5.41, 5.74) is 0.605. The summed E-state index contributed by atoms with van der Waals surface area (Å²) in [7, 11) is 0. The Morgan fingerprint density at radius 3 is 2.67 bits per heavy atom. The molecule has 3 N–H and O–H groups in total. The van der Waals surface area contributed by atoms with Gasteiger partial charge in [-0.1, -0.05) is 6.08 Å². The van der Waals surface area contributed by atoms with Crippen molar-refractivity contribution in [1.29, 1.82) is 0 Å². The summed E-state index contributed by atoms with van der Waals surface area (Å²) < 4.78 is 4.99. The molecule has 0 saturated carbocycles. The number of ether oxygens (including phenoxy) is 1. The number of hydrogen-bond donors (Lipinski definition) is 3. The molecule has 0 unspecified atom stereocenters. The normalized spacial score (nSPS) is 9.71. The lowest BCUT2D eigenvalue weighted by Gasteiger charge is -2.08. The van der Waals surface area contributed by atoms with E-state index in [2.05, 4.69) is 17.2 Å². The molecule has 1 rings (SSSR count). The molecule has 6 nitrogen and oxygen atoms in total. The van der Waals surface area contributed by atoms with E-state index >= 15 is 0 Å². The molecule has 0 aliphatic rings. The summed E-state index contributed by atoms with van der Waals surface area (Å²) in [6, 6.07) is 6.19. The van der Waals surface area contributed by atoms with Crippen molar-refractivity contribution in [3.05, 3.63) is 36.9 Å². The van der Waals surface area contributed by atoms with Crippen molar-refractivity contribution in [2.24, 2.45) is 0 Å². The van der Waals surface area contributed by atoms with Gasteiger partial charge in [-0.2, -0.15) is 11.8 Å². The van der Waals surface area contributed by atoms with Gasteiger partial charge in [-0.05, 0) is 24.3 Å². The molecule has 21 heavy (non-hydrogen) atoms. The number of carboxylic acid groups (broad SMARTS) is 1. The van der Waals surface area contributed by atoms with E-state index in [0.29, 0.717) is 18.0 Å². The topological polar surface area (TPSA) is 87.7 Å². The quantitative estimate of drug-likeness (QED) is 0.481. The van der Waals surface area contributed by atoms with Crippen LogP contribution in [0.5, 0.6) is 5.75 Å². The molecule has 0 bridgehead atoms. The third-order valence-electron chi connectivity index (χ3n) is 2.24. The second-order valence-electron chi connectivity index (χ2n) is 3.95. The number of carbonyl (C=O) groups is 2. The molecular weight excluding hydrogens is 292 g/mol. The van der Waals surface area contributed by atoms with Crippen molar-refractivity contribution in [3.8, 4) is 5.75 Å². The van der Waals surface area contributed by atoms with Crippen molar-refractivity contribution in [2.75, 3.05) is 30.0 Å². The van der Waals surface area contributed by atoms with Crippen LogP contribution in [0, 0.1) is 0 Å². The average Bonchev–Trinajstić information content (AvgIpc) is 2.46. The van der Waals surface area contributed by atoms with E-state index in [0.717, 1.165) is 11.5 Å². The molecule has 0 saturated heterocycles. The maximum atomic E-state index is 11.6. The molecule has 1 aromatic rings. The Kier molecular flexibility index (Phi) is 7.81. The van der Waals surface area contributed by atoms with Gasteiger partial charge in [0.25, 0.3) is 0 Å². The first-order chi connectivity index (χ1) is 10.1. The summed E-state index contributed by atoms with van der Waals surface area (Å²) in [6.45, 7) is 3.80. The Morgan fingerprint density at radius 1 is 1.33 bits per heavy atom. The van der Waals surface area contributed by atoms with Gasteiger partial charge in [0.05, 0.1) is 0 Å². The zero-order chi connectivity index (χ0) is 15.5. The van der Waals surface area contributed by atoms with Gasteiger partial charge in [0.15, 0.2) is 6.61 Å². The monoisotopic (exact) mass is 310 g/mol. The van der Waals surface area contributed by atoms with E-state index in [9.17, 15) is 9.59 Å². The minimum Gasteiger partial charge on any atom is -0.482 e. The summed E-state index contributed by atoms with van der Waals surface area (Å²) in [6.07, 6.45) is 1.82. The fourth-order valence-corrected chi connectivity index (χ4v) is 1.94. The van der Waals surface area contributed by atoms with Gasteiger partial charge in [0.2, 0.25) is 0 Å². The Morgan fingerprint density at radius 2 is 2.05 bits per heavy atom. The number of thioether (sulfide) groups is 1. The zero-order valence-electron chi connectivity index (χ0n) is 11.5. The summed E-state index contributed by atoms with van der Waals surface area (Å²) in [5.74, 6) is 1.08. The molecule has 0 radical (unpaired) electrons. The molecule has 1 aromatic carbocycles. The van der Waals surface area contributed by atoms with E-state index in [1.807, 2.05) is 6.08 Å². The maximum absolute atomic E-state index is 11.6. The zero-order valence-corrected chi connectivity index (χ0v) is 12.3. The number of carboxylic acids is 1. The average molecular weight is 310 g/mol. The van der Waals surface area contributed by atoms with Crippen molar-refractivity contribution >= 4 is 29.4 Å². The molecule has 114 valence electrons. The van der Waals surface area contributed by atoms with Crippen LogP contribution < -0.4 is 15.4 Å². The lowest BCUT2D eigenvalue weighted by Crippen LogP contribution is -2.30. The largest absolute Gasteiger partial charge is 0.482 e. The van der Waals surface area contributed by atoms with Crippen LogP contribution in [0.4, 0.5) is 10.5 Å². The Labute approximate surface area is 127 Å². The van der Waals surface area contributed by atoms with Gasteiger partial charge >= 0.3 is 12.0 Å². The second-order valence-corrected chi connectivity index (χ2v) is 5.10. The van der Waals surface area contributed by atoms with E-state index in [1.165, 1.54) is 0 Å². The first-order valence-electron chi connectivity index (χ1n) is 6.30. The fourth-order valence-electron chi connectivity index (χ4n) is 1.36. The molecule has 0 spiro atoms. The van der Waals surface area contributed by atoms with Crippen LogP contribution in [-0.4, -0.2) is 41.8 Å². The number of nitrogens with one attached hydrogen (secondary N) is 2. The molecular formula is C14H18N2O4S. The first-order valence-corrected chi connectivity index (χ1v) is 7.45. The molecule has 7 heteroatoms. The maximum Gasteiger partial charge on any atom is 0.341 e. The Hall–Kier alpha value is -2.15. The van der Waals surface area contributed by atoms with Gasteiger partial charge in [0, 0.05) is 23.7 Å². The second kappa shape index (κ2) is 9.71. The highest BCUT2D eigenvalue weighted by Crippen LogP contribution is 2.15. The third-order valence-corrected chi connectivity index (χ3v) is 3.21. The van der Waals surface area contributed by atoms with Crippen molar-refractivity contribution in [2.45, 2.75) is 0 Å². The number of anilines is 1. The molecule has 0 aliphatic carbocycles. The number of benzene rings is 1. The van der Waals surface area contributed by atoms with Crippen molar-refractivity contribution < 1.29 is 19.4 Å². The summed E-state index contributed by atoms with van der Waals surface area (Å²) >= 11 is 1.69. The van der Waals surface area contributed by atoms with Crippen LogP contribution >= 0.6 is 11.8 Å². The summed E-state index contributed by atoms with van der Waals surface area (Å²) in [5, 5.41) is 13.9. The number of rotatable bonds is 9. The highest BCUT2D eigenvalue weighted by Gasteiger charge is 2.02. The highest BCUT2D eigenvalue weighted by molar-refractivity contribution is 7.99. The molecule has 0 heterocycles. The Bertz CT molecular complexity index is 476. The van der Waals surface area contributed by atoms with Crippen LogP contribution in [0.3, 0.4) is 0 Å². The van der Waals surface area contributed by atoms with Crippen molar-refractivity contribution in [1.82, 2.24) is 5.32 Å². The standard InChI is InChI=1S/C14H18N2O4S/c1-2-8-21-9-7-15-14(19)16-11-3-5-12(6-4-11)20-10-13(17)18/h2-6H,1,7-10H2,(H,17,18)(H2,15,16,19). The van der Waals surface area contributed by atoms with Crippen LogP contribution in [0.1, 0.15) is 0 Å². The van der Waals surface area contributed by atoms with Gasteiger partial charge in [-0.25, -0.2) is 9.59 Å². The summed E-state index contributed by atoms with van der Waals surface area (Å²) in [4.78, 5) is 21.9.